The summed E-state index contributed by atoms with van der Waals surface area (Å²) in [4.78, 5) is 7.35. The number of thiazole rings is 1. The lowest BCUT2D eigenvalue weighted by atomic mass is 9.93. The van der Waals surface area contributed by atoms with Gasteiger partial charge in [0.1, 0.15) is 5.01 Å². The third-order valence-electron chi connectivity index (χ3n) is 3.86. The zero-order valence-electron chi connectivity index (χ0n) is 12.5. The van der Waals surface area contributed by atoms with Gasteiger partial charge in [-0.05, 0) is 38.3 Å². The first-order chi connectivity index (χ1) is 8.99. The number of aromatic nitrogens is 1. The van der Waals surface area contributed by atoms with Crippen LogP contribution in [0.4, 0.5) is 0 Å². The van der Waals surface area contributed by atoms with Gasteiger partial charge in [0.15, 0.2) is 0 Å². The molecule has 19 heavy (non-hydrogen) atoms. The highest BCUT2D eigenvalue weighted by atomic mass is 32.1. The Morgan fingerprint density at radius 2 is 2.26 bits per heavy atom. The summed E-state index contributed by atoms with van der Waals surface area (Å²) in [6, 6.07) is 0. The molecule has 0 spiro atoms. The van der Waals surface area contributed by atoms with Gasteiger partial charge in [0.2, 0.25) is 0 Å². The Bertz CT molecular complexity index is 392. The fourth-order valence-corrected chi connectivity index (χ4v) is 3.75. The van der Waals surface area contributed by atoms with Crippen molar-refractivity contribution in [3.8, 4) is 0 Å². The number of rotatable bonds is 4. The third-order valence-corrected chi connectivity index (χ3v) is 4.69. The molecule has 1 aliphatic rings. The number of likely N-dealkylation sites (tertiary alicyclic amines) is 1. The van der Waals surface area contributed by atoms with E-state index in [0.717, 1.165) is 19.0 Å². The van der Waals surface area contributed by atoms with Crippen LogP contribution >= 0.6 is 11.3 Å². The van der Waals surface area contributed by atoms with Gasteiger partial charge < -0.3 is 5.73 Å². The minimum absolute atomic E-state index is 0.165. The molecule has 4 heteroatoms. The second-order valence-corrected chi connectivity index (χ2v) is 7.64. The summed E-state index contributed by atoms with van der Waals surface area (Å²) in [6.45, 7) is 10.9. The molecule has 2 heterocycles. The predicted molar refractivity (Wildman–Crippen MR) is 82.5 cm³/mol. The van der Waals surface area contributed by atoms with E-state index in [0.29, 0.717) is 0 Å². The second-order valence-electron chi connectivity index (χ2n) is 6.70. The Labute approximate surface area is 121 Å². The topological polar surface area (TPSA) is 42.1 Å². The highest BCUT2D eigenvalue weighted by Gasteiger charge is 2.22. The van der Waals surface area contributed by atoms with Crippen LogP contribution in [0.5, 0.6) is 0 Å². The second kappa shape index (κ2) is 6.33. The van der Waals surface area contributed by atoms with E-state index in [2.05, 4.69) is 31.1 Å². The van der Waals surface area contributed by atoms with Gasteiger partial charge in [-0.15, -0.1) is 11.3 Å². The van der Waals surface area contributed by atoms with Gasteiger partial charge in [0.05, 0.1) is 12.2 Å². The Kier molecular flexibility index (Phi) is 4.98. The van der Waals surface area contributed by atoms with E-state index < -0.39 is 0 Å². The zero-order valence-corrected chi connectivity index (χ0v) is 13.3. The Morgan fingerprint density at radius 3 is 2.89 bits per heavy atom. The molecule has 0 aromatic carbocycles. The highest BCUT2D eigenvalue weighted by molar-refractivity contribution is 7.09. The van der Waals surface area contributed by atoms with E-state index in [1.807, 2.05) is 11.3 Å². The van der Waals surface area contributed by atoms with E-state index in [1.54, 1.807) is 0 Å². The maximum atomic E-state index is 5.68. The molecular weight excluding hydrogens is 254 g/mol. The summed E-state index contributed by atoms with van der Waals surface area (Å²) >= 11 is 1.81. The molecule has 1 aromatic heterocycles. The molecule has 1 unspecified atom stereocenters. The molecule has 3 nitrogen and oxygen atoms in total. The van der Waals surface area contributed by atoms with Crippen molar-refractivity contribution >= 4 is 11.3 Å². The Morgan fingerprint density at radius 1 is 1.47 bits per heavy atom. The lowest BCUT2D eigenvalue weighted by molar-refractivity contribution is 0.163. The van der Waals surface area contributed by atoms with Crippen molar-refractivity contribution in [2.24, 2.45) is 11.7 Å². The lowest BCUT2D eigenvalue weighted by Gasteiger charge is -2.31. The third kappa shape index (κ3) is 4.26. The molecule has 2 rings (SSSR count). The first kappa shape index (κ1) is 14.9. The van der Waals surface area contributed by atoms with E-state index >= 15 is 0 Å². The van der Waals surface area contributed by atoms with Crippen molar-refractivity contribution in [2.75, 3.05) is 19.6 Å². The number of piperidine rings is 1. The fourth-order valence-electron chi connectivity index (χ4n) is 2.69. The molecule has 0 amide bonds. The fraction of sp³-hybridized carbons (Fsp3) is 0.800. The van der Waals surface area contributed by atoms with Crippen molar-refractivity contribution in [1.29, 1.82) is 0 Å². The standard InChI is InChI=1S/C15H27N3S/c1-15(2,3)13-11-19-14(17-13)10-18-8-4-5-12(9-18)6-7-16/h11-12H,4-10,16H2,1-3H3. The van der Waals surface area contributed by atoms with Crippen LogP contribution in [0.3, 0.4) is 0 Å². The lowest BCUT2D eigenvalue weighted by Crippen LogP contribution is -2.35. The Balaban J connectivity index is 1.92. The first-order valence-electron chi connectivity index (χ1n) is 7.36. The van der Waals surface area contributed by atoms with Gasteiger partial charge in [0.25, 0.3) is 0 Å². The van der Waals surface area contributed by atoms with Crippen LogP contribution in [-0.2, 0) is 12.0 Å². The molecule has 0 aliphatic carbocycles. The van der Waals surface area contributed by atoms with Crippen LogP contribution in [0.1, 0.15) is 50.7 Å². The van der Waals surface area contributed by atoms with E-state index in [9.17, 15) is 0 Å². The van der Waals surface area contributed by atoms with Gasteiger partial charge >= 0.3 is 0 Å². The van der Waals surface area contributed by atoms with Crippen LogP contribution < -0.4 is 5.73 Å². The number of nitrogens with zero attached hydrogens (tertiary/aromatic N) is 2. The van der Waals surface area contributed by atoms with Gasteiger partial charge in [-0.1, -0.05) is 20.8 Å². The average Bonchev–Trinajstić information content (AvgIpc) is 2.78. The molecule has 0 saturated carbocycles. The van der Waals surface area contributed by atoms with Crippen molar-refractivity contribution in [3.05, 3.63) is 16.1 Å². The van der Waals surface area contributed by atoms with Crippen molar-refractivity contribution in [3.63, 3.8) is 0 Å². The molecule has 2 N–H and O–H groups in total. The summed E-state index contributed by atoms with van der Waals surface area (Å²) in [7, 11) is 0. The van der Waals surface area contributed by atoms with E-state index in [1.165, 1.54) is 43.1 Å². The monoisotopic (exact) mass is 281 g/mol. The largest absolute Gasteiger partial charge is 0.330 e. The zero-order chi connectivity index (χ0) is 13.9. The number of nitrogens with two attached hydrogens (primary N) is 1. The van der Waals surface area contributed by atoms with E-state index in [4.69, 9.17) is 10.7 Å². The highest BCUT2D eigenvalue weighted by Crippen LogP contribution is 2.26. The molecule has 108 valence electrons. The molecule has 0 bridgehead atoms. The molecule has 1 aliphatic heterocycles. The number of hydrogen-bond acceptors (Lipinski definition) is 4. The van der Waals surface area contributed by atoms with Crippen molar-refractivity contribution < 1.29 is 0 Å². The summed E-state index contributed by atoms with van der Waals surface area (Å²) in [5, 5.41) is 3.48. The molecule has 1 aromatic rings. The summed E-state index contributed by atoms with van der Waals surface area (Å²) in [5.41, 5.74) is 7.07. The van der Waals surface area contributed by atoms with Crippen molar-refractivity contribution in [1.82, 2.24) is 9.88 Å². The van der Waals surface area contributed by atoms with E-state index in [-0.39, 0.29) is 5.41 Å². The molecule has 1 saturated heterocycles. The molecule has 1 atom stereocenters. The minimum Gasteiger partial charge on any atom is -0.330 e. The maximum absolute atomic E-state index is 5.68. The smallest absolute Gasteiger partial charge is 0.107 e. The van der Waals surface area contributed by atoms with Crippen LogP contribution in [0, 0.1) is 5.92 Å². The van der Waals surface area contributed by atoms with Gasteiger partial charge in [-0.3, -0.25) is 4.90 Å². The van der Waals surface area contributed by atoms with Gasteiger partial charge in [0, 0.05) is 17.3 Å². The summed E-state index contributed by atoms with van der Waals surface area (Å²) in [5.74, 6) is 0.792. The molecular formula is C15H27N3S. The SMILES string of the molecule is CC(C)(C)c1csc(CN2CCCC(CCN)C2)n1. The minimum atomic E-state index is 0.165. The van der Waals surface area contributed by atoms with Crippen molar-refractivity contribution in [2.45, 2.75) is 52.0 Å². The van der Waals surface area contributed by atoms with Crippen LogP contribution in [0.2, 0.25) is 0 Å². The number of hydrogen-bond donors (Lipinski definition) is 1. The average molecular weight is 281 g/mol. The maximum Gasteiger partial charge on any atom is 0.107 e. The van der Waals surface area contributed by atoms with Crippen LogP contribution in [0.15, 0.2) is 5.38 Å². The van der Waals surface area contributed by atoms with Gasteiger partial charge in [-0.25, -0.2) is 4.98 Å². The Hall–Kier alpha value is -0.450. The molecule has 0 radical (unpaired) electrons. The predicted octanol–water partition coefficient (Wildman–Crippen LogP) is 3.00. The van der Waals surface area contributed by atoms with Crippen LogP contribution in [0.25, 0.3) is 0 Å². The first-order valence-corrected chi connectivity index (χ1v) is 8.24. The summed E-state index contributed by atoms with van der Waals surface area (Å²) < 4.78 is 0. The normalized spacial score (nSPS) is 21.8. The quantitative estimate of drug-likeness (QED) is 0.922. The molecule has 1 fully saturated rings. The van der Waals surface area contributed by atoms with Gasteiger partial charge in [-0.2, -0.15) is 0 Å². The van der Waals surface area contributed by atoms with Crippen LogP contribution in [-0.4, -0.2) is 29.5 Å². The summed E-state index contributed by atoms with van der Waals surface area (Å²) in [6.07, 6.45) is 3.82.